The number of aromatic nitrogens is 1. The van der Waals surface area contributed by atoms with Crippen LogP contribution in [0.4, 0.5) is 5.82 Å². The summed E-state index contributed by atoms with van der Waals surface area (Å²) < 4.78 is 12.3. The van der Waals surface area contributed by atoms with Crippen LogP contribution in [-0.4, -0.2) is 28.9 Å². The third-order valence-corrected chi connectivity index (χ3v) is 7.60. The Labute approximate surface area is 207 Å². The molecule has 8 heteroatoms. The molecule has 3 heterocycles. The molecule has 2 saturated carbocycles. The minimum absolute atomic E-state index is 0.0430. The molecule has 3 unspecified atom stereocenters. The van der Waals surface area contributed by atoms with E-state index in [-0.39, 0.29) is 29.9 Å². The summed E-state index contributed by atoms with van der Waals surface area (Å²) in [5.74, 6) is 2.55. The van der Waals surface area contributed by atoms with Gasteiger partial charge in [0.25, 0.3) is 5.91 Å². The van der Waals surface area contributed by atoms with Gasteiger partial charge in [-0.2, -0.15) is 5.26 Å². The number of carbonyl (C=O) groups is 2. The van der Waals surface area contributed by atoms with E-state index in [1.807, 2.05) is 36.4 Å². The first-order valence-corrected chi connectivity index (χ1v) is 12.1. The van der Waals surface area contributed by atoms with Crippen LogP contribution in [0.1, 0.15) is 52.2 Å². The number of carbonyl (C=O) groups excluding carboxylic acids is 2. The lowest BCUT2D eigenvalue weighted by molar-refractivity contribution is -0.116. The van der Waals surface area contributed by atoms with Crippen LogP contribution in [0.2, 0.25) is 0 Å². The lowest BCUT2D eigenvalue weighted by Crippen LogP contribution is -2.30. The van der Waals surface area contributed by atoms with E-state index in [4.69, 9.17) is 9.47 Å². The van der Waals surface area contributed by atoms with Crippen LogP contribution in [-0.2, 0) is 16.6 Å². The molecule has 2 aliphatic heterocycles. The number of benzene rings is 2. The number of fused-ring (bicyclic) bond motifs is 4. The SMILES string of the molecule is N#CC1(c2cccc(C(=O)NC3C4Oc5ccc(Oc6ccnc7c6CCC(=O)N7)cc5C34)c2)CC1. The lowest BCUT2D eigenvalue weighted by Gasteiger charge is -2.19. The van der Waals surface area contributed by atoms with E-state index in [1.54, 1.807) is 18.3 Å². The number of hydrogen-bond donors (Lipinski definition) is 2. The van der Waals surface area contributed by atoms with Crippen molar-refractivity contribution in [2.75, 3.05) is 5.32 Å². The van der Waals surface area contributed by atoms with E-state index in [1.165, 1.54) is 0 Å². The van der Waals surface area contributed by atoms with Crippen LogP contribution in [0.25, 0.3) is 0 Å². The van der Waals surface area contributed by atoms with E-state index in [0.29, 0.717) is 35.7 Å². The van der Waals surface area contributed by atoms with Gasteiger partial charge in [0.05, 0.1) is 23.4 Å². The molecule has 0 bridgehead atoms. The third-order valence-electron chi connectivity index (χ3n) is 7.60. The largest absolute Gasteiger partial charge is 0.487 e. The minimum atomic E-state index is -0.426. The van der Waals surface area contributed by atoms with E-state index >= 15 is 0 Å². The summed E-state index contributed by atoms with van der Waals surface area (Å²) >= 11 is 0. The number of anilines is 1. The summed E-state index contributed by atoms with van der Waals surface area (Å²) in [7, 11) is 0. The molecule has 2 aliphatic carbocycles. The molecule has 0 spiro atoms. The fraction of sp³-hybridized carbons (Fsp3) is 0.286. The van der Waals surface area contributed by atoms with Crippen LogP contribution in [0.15, 0.2) is 54.7 Å². The predicted octanol–water partition coefficient (Wildman–Crippen LogP) is 3.97. The zero-order valence-corrected chi connectivity index (χ0v) is 19.3. The Morgan fingerprint density at radius 2 is 2.08 bits per heavy atom. The summed E-state index contributed by atoms with van der Waals surface area (Å²) in [6.07, 6.45) is 4.18. The monoisotopic (exact) mass is 478 g/mol. The number of pyridine rings is 1. The molecule has 0 saturated heterocycles. The Morgan fingerprint density at radius 1 is 1.19 bits per heavy atom. The van der Waals surface area contributed by atoms with Crippen molar-refractivity contribution in [2.24, 2.45) is 0 Å². The summed E-state index contributed by atoms with van der Waals surface area (Å²) in [6.45, 7) is 0. The number of nitrogens with one attached hydrogen (secondary N) is 2. The van der Waals surface area contributed by atoms with Crippen molar-refractivity contribution >= 4 is 17.6 Å². The molecule has 3 aromatic rings. The van der Waals surface area contributed by atoms with Gasteiger partial charge in [0, 0.05) is 29.3 Å². The molecular weight excluding hydrogens is 456 g/mol. The highest BCUT2D eigenvalue weighted by atomic mass is 16.5. The van der Waals surface area contributed by atoms with Crippen molar-refractivity contribution in [1.29, 1.82) is 5.26 Å². The van der Waals surface area contributed by atoms with Gasteiger partial charge in [-0.25, -0.2) is 4.98 Å². The van der Waals surface area contributed by atoms with Gasteiger partial charge in [0.2, 0.25) is 5.91 Å². The Hall–Kier alpha value is -4.38. The molecule has 36 heavy (non-hydrogen) atoms. The first kappa shape index (κ1) is 20.9. The molecule has 2 amide bonds. The van der Waals surface area contributed by atoms with Gasteiger partial charge in [0.15, 0.2) is 0 Å². The lowest BCUT2D eigenvalue weighted by atomic mass is 9.96. The van der Waals surface area contributed by atoms with Gasteiger partial charge in [-0.05, 0) is 61.2 Å². The molecule has 7 rings (SSSR count). The van der Waals surface area contributed by atoms with Gasteiger partial charge in [-0.3, -0.25) is 9.59 Å². The summed E-state index contributed by atoms with van der Waals surface area (Å²) in [5.41, 5.74) is 2.94. The van der Waals surface area contributed by atoms with Gasteiger partial charge in [-0.15, -0.1) is 0 Å². The van der Waals surface area contributed by atoms with E-state index in [9.17, 15) is 14.9 Å². The van der Waals surface area contributed by atoms with Crippen LogP contribution in [0.5, 0.6) is 17.2 Å². The minimum Gasteiger partial charge on any atom is -0.487 e. The molecule has 8 nitrogen and oxygen atoms in total. The molecular formula is C28H22N4O4. The summed E-state index contributed by atoms with van der Waals surface area (Å²) in [5, 5.41) is 15.4. The Morgan fingerprint density at radius 3 is 2.92 bits per heavy atom. The normalized spacial score (nSPS) is 23.6. The molecule has 178 valence electrons. The molecule has 2 N–H and O–H groups in total. The summed E-state index contributed by atoms with van der Waals surface area (Å²) in [6, 6.07) is 17.2. The average molecular weight is 479 g/mol. The molecule has 1 aromatic heterocycles. The van der Waals surface area contributed by atoms with Crippen molar-refractivity contribution in [3.8, 4) is 23.3 Å². The smallest absolute Gasteiger partial charge is 0.251 e. The second kappa shape index (κ2) is 7.56. The quantitative estimate of drug-likeness (QED) is 0.574. The van der Waals surface area contributed by atoms with Crippen LogP contribution in [0, 0.1) is 11.3 Å². The number of nitrogens with zero attached hydrogens (tertiary/aromatic N) is 2. The van der Waals surface area contributed by atoms with E-state index in [2.05, 4.69) is 21.7 Å². The standard InChI is InChI=1S/C28H22N4O4/c29-14-28(9-10-28)16-3-1-2-15(12-16)27(34)32-24-23-19-13-17(4-6-20(19)36-25(23)24)35-21-8-11-30-26-18(21)5-7-22(33)31-26/h1-4,6,8,11-13,23-25H,5,7,9-10H2,(H,32,34)(H,30,31,33). The topological polar surface area (TPSA) is 113 Å². The second-order valence-corrected chi connectivity index (χ2v) is 9.87. The van der Waals surface area contributed by atoms with Crippen molar-refractivity contribution in [3.05, 3.63) is 77.0 Å². The van der Waals surface area contributed by atoms with Crippen LogP contribution >= 0.6 is 0 Å². The fourth-order valence-electron chi connectivity index (χ4n) is 5.34. The first-order chi connectivity index (χ1) is 17.5. The molecule has 4 aliphatic rings. The molecule has 2 aromatic carbocycles. The second-order valence-electron chi connectivity index (χ2n) is 9.87. The summed E-state index contributed by atoms with van der Waals surface area (Å²) in [4.78, 5) is 28.9. The zero-order valence-electron chi connectivity index (χ0n) is 19.3. The highest BCUT2D eigenvalue weighted by Gasteiger charge is 2.59. The van der Waals surface area contributed by atoms with Crippen molar-refractivity contribution in [3.63, 3.8) is 0 Å². The number of rotatable bonds is 5. The third kappa shape index (κ3) is 3.31. The highest BCUT2D eigenvalue weighted by molar-refractivity contribution is 5.95. The predicted molar refractivity (Wildman–Crippen MR) is 129 cm³/mol. The zero-order chi connectivity index (χ0) is 24.4. The fourth-order valence-corrected chi connectivity index (χ4v) is 5.34. The maximum absolute atomic E-state index is 13.0. The maximum atomic E-state index is 13.0. The van der Waals surface area contributed by atoms with Crippen molar-refractivity contribution < 1.29 is 19.1 Å². The molecule has 0 radical (unpaired) electrons. The van der Waals surface area contributed by atoms with Gasteiger partial charge >= 0.3 is 0 Å². The van der Waals surface area contributed by atoms with E-state index in [0.717, 1.165) is 35.3 Å². The number of nitriles is 1. The molecule has 3 atom stereocenters. The Bertz CT molecular complexity index is 1490. The van der Waals surface area contributed by atoms with Crippen molar-refractivity contribution in [2.45, 2.75) is 49.2 Å². The van der Waals surface area contributed by atoms with Crippen molar-refractivity contribution in [1.82, 2.24) is 10.3 Å². The first-order valence-electron chi connectivity index (χ1n) is 12.1. The van der Waals surface area contributed by atoms with E-state index < -0.39 is 5.41 Å². The van der Waals surface area contributed by atoms with Gasteiger partial charge in [0.1, 0.15) is 29.2 Å². The average Bonchev–Trinajstić information content (AvgIpc) is 3.79. The number of ether oxygens (including phenoxy) is 2. The van der Waals surface area contributed by atoms with Gasteiger partial charge in [-0.1, -0.05) is 12.1 Å². The Kier molecular flexibility index (Phi) is 4.40. The number of amides is 2. The maximum Gasteiger partial charge on any atom is 0.251 e. The number of hydrogen-bond acceptors (Lipinski definition) is 6. The highest BCUT2D eigenvalue weighted by Crippen LogP contribution is 2.55. The van der Waals surface area contributed by atoms with Gasteiger partial charge < -0.3 is 20.1 Å². The molecule has 2 fully saturated rings. The van der Waals surface area contributed by atoms with Crippen LogP contribution < -0.4 is 20.1 Å². The Balaban J connectivity index is 1.07. The van der Waals surface area contributed by atoms with Crippen LogP contribution in [0.3, 0.4) is 0 Å².